The number of piperidine rings is 1. The van der Waals surface area contributed by atoms with Gasteiger partial charge in [0.1, 0.15) is 17.0 Å². The van der Waals surface area contributed by atoms with E-state index in [1.54, 1.807) is 6.20 Å². The summed E-state index contributed by atoms with van der Waals surface area (Å²) in [6.07, 6.45) is 3.69. The van der Waals surface area contributed by atoms with Gasteiger partial charge in [0.05, 0.1) is 5.69 Å². The first-order chi connectivity index (χ1) is 14.0. The molecule has 3 aromatic heterocycles. The average Bonchev–Trinajstić information content (AvgIpc) is 3.24. The van der Waals surface area contributed by atoms with Crippen molar-refractivity contribution >= 4 is 27.3 Å². The van der Waals surface area contributed by atoms with Crippen molar-refractivity contribution in [2.75, 3.05) is 13.1 Å². The number of sulfonamides is 1. The molecule has 0 unspecified atom stereocenters. The maximum Gasteiger partial charge on any atom is 0.248 e. The molecule has 0 N–H and O–H groups in total. The van der Waals surface area contributed by atoms with E-state index >= 15 is 0 Å². The summed E-state index contributed by atoms with van der Waals surface area (Å²) < 4.78 is 66.5. The summed E-state index contributed by atoms with van der Waals surface area (Å²) in [5.74, 6) is -0.596. The van der Waals surface area contributed by atoms with Gasteiger partial charge in [0.25, 0.3) is 0 Å². The summed E-state index contributed by atoms with van der Waals surface area (Å²) in [4.78, 5) is 3.63. The first-order valence-corrected chi connectivity index (χ1v) is 10.1. The van der Waals surface area contributed by atoms with Gasteiger partial charge >= 0.3 is 0 Å². The molecule has 1 aliphatic rings. The molecule has 4 heterocycles. The summed E-state index contributed by atoms with van der Waals surface area (Å²) >= 11 is 6.00. The fraction of sp³-hybridized carbons (Fsp3) is 0.438. The quantitative estimate of drug-likeness (QED) is 0.654. The van der Waals surface area contributed by atoms with Gasteiger partial charge in [-0.3, -0.25) is 4.68 Å². The van der Waals surface area contributed by atoms with Crippen LogP contribution in [0.1, 0.15) is 34.1 Å². The Morgan fingerprint density at radius 3 is 2.78 bits per heavy atom. The zero-order valence-corrected chi connectivity index (χ0v) is 15.9. The highest BCUT2D eigenvalue weighted by Crippen LogP contribution is 2.34. The molecule has 4 rings (SSSR count). The predicted molar refractivity (Wildman–Crippen MR) is 96.6 cm³/mol. The van der Waals surface area contributed by atoms with Crippen molar-refractivity contribution in [3.63, 3.8) is 0 Å². The molecule has 27 heavy (non-hydrogen) atoms. The Kier molecular flexibility index (Phi) is 3.62. The number of rotatable bonds is 3. The highest BCUT2D eigenvalue weighted by molar-refractivity contribution is 7.89. The lowest BCUT2D eigenvalue weighted by Crippen LogP contribution is -2.38. The van der Waals surface area contributed by atoms with Crippen molar-refractivity contribution in [2.24, 2.45) is 6.98 Å². The number of fused-ring (bicyclic) bond motifs is 1. The molecule has 0 saturated carbocycles. The van der Waals surface area contributed by atoms with E-state index in [4.69, 9.17) is 15.7 Å². The van der Waals surface area contributed by atoms with E-state index in [1.165, 1.54) is 28.1 Å². The second-order valence-corrected chi connectivity index (χ2v) is 8.67. The van der Waals surface area contributed by atoms with Gasteiger partial charge in [0.15, 0.2) is 10.8 Å². The fourth-order valence-corrected chi connectivity index (χ4v) is 5.60. The van der Waals surface area contributed by atoms with Crippen LogP contribution >= 0.6 is 11.6 Å². The number of aromatic nitrogens is 5. The summed E-state index contributed by atoms with van der Waals surface area (Å²) in [5, 5.41) is 7.32. The summed E-state index contributed by atoms with van der Waals surface area (Å²) in [7, 11) is -4.06. The van der Waals surface area contributed by atoms with Gasteiger partial charge in [-0.05, 0) is 25.7 Å². The average molecular weight is 416 g/mol. The topological polar surface area (TPSA) is 85.4 Å². The monoisotopic (exact) mass is 415 g/mol. The van der Waals surface area contributed by atoms with Crippen LogP contribution in [-0.2, 0) is 17.0 Å². The molecular formula is C16H18ClFN6O2S. The second-order valence-electron chi connectivity index (χ2n) is 6.44. The standard InChI is InChI=1S/C16H18ClFN6O2S/c1-10-15(16(17)21-22(10)2)27(25,26)23-5-3-11(4-6-23)12-8-24-14(7-13(12)18)19-9-20-24/h7-9,11H,3-6H2,1-2H3/i2D3. The molecule has 1 aliphatic heterocycles. The van der Waals surface area contributed by atoms with Crippen LogP contribution < -0.4 is 0 Å². The Morgan fingerprint density at radius 1 is 1.37 bits per heavy atom. The van der Waals surface area contributed by atoms with Crippen LogP contribution in [0, 0.1) is 12.7 Å². The minimum atomic E-state index is -4.06. The third-order valence-electron chi connectivity index (χ3n) is 4.91. The third kappa shape index (κ3) is 3.01. The summed E-state index contributed by atoms with van der Waals surface area (Å²) in [5.41, 5.74) is 0.798. The highest BCUT2D eigenvalue weighted by atomic mass is 35.5. The lowest BCUT2D eigenvalue weighted by Gasteiger charge is -2.31. The van der Waals surface area contributed by atoms with Gasteiger partial charge < -0.3 is 0 Å². The van der Waals surface area contributed by atoms with Crippen molar-refractivity contribution < 1.29 is 16.9 Å². The smallest absolute Gasteiger partial charge is 0.248 e. The Bertz CT molecular complexity index is 1220. The lowest BCUT2D eigenvalue weighted by atomic mass is 9.91. The van der Waals surface area contributed by atoms with Crippen LogP contribution in [0.15, 0.2) is 23.5 Å². The Balaban J connectivity index is 1.58. The van der Waals surface area contributed by atoms with Crippen molar-refractivity contribution in [3.05, 3.63) is 40.8 Å². The molecule has 11 heteroatoms. The minimum Gasteiger partial charge on any atom is -0.270 e. The zero-order chi connectivity index (χ0) is 21.8. The van der Waals surface area contributed by atoms with Gasteiger partial charge in [0, 0.05) is 42.0 Å². The predicted octanol–water partition coefficient (Wildman–Crippen LogP) is 2.13. The van der Waals surface area contributed by atoms with E-state index in [2.05, 4.69) is 15.2 Å². The highest BCUT2D eigenvalue weighted by Gasteiger charge is 2.35. The molecule has 1 saturated heterocycles. The van der Waals surface area contributed by atoms with Gasteiger partial charge in [-0.2, -0.15) is 14.5 Å². The third-order valence-corrected chi connectivity index (χ3v) is 7.33. The van der Waals surface area contributed by atoms with Crippen LogP contribution in [0.5, 0.6) is 0 Å². The number of hydrogen-bond acceptors (Lipinski definition) is 5. The molecular weight excluding hydrogens is 395 g/mol. The van der Waals surface area contributed by atoms with Gasteiger partial charge in [-0.1, -0.05) is 11.6 Å². The van der Waals surface area contributed by atoms with Crippen LogP contribution in [-0.4, -0.2) is 50.2 Å². The number of halogens is 2. The molecule has 144 valence electrons. The number of hydrogen-bond donors (Lipinski definition) is 0. The van der Waals surface area contributed by atoms with Gasteiger partial charge in [-0.25, -0.2) is 22.3 Å². The van der Waals surface area contributed by atoms with E-state index in [1.807, 2.05) is 0 Å². The van der Waals surface area contributed by atoms with E-state index in [0.717, 1.165) is 0 Å². The van der Waals surface area contributed by atoms with E-state index in [-0.39, 0.29) is 34.7 Å². The fourth-order valence-electron chi connectivity index (χ4n) is 3.44. The van der Waals surface area contributed by atoms with Crippen LogP contribution in [0.3, 0.4) is 0 Å². The Labute approximate surface area is 164 Å². The Hall–Kier alpha value is -2.04. The number of aryl methyl sites for hydroxylation is 1. The number of nitrogens with zero attached hydrogens (tertiary/aromatic N) is 6. The molecule has 3 aromatic rings. The largest absolute Gasteiger partial charge is 0.270 e. The molecule has 0 spiro atoms. The second kappa shape index (κ2) is 6.54. The summed E-state index contributed by atoms with van der Waals surface area (Å²) in [6, 6.07) is 1.30. The first kappa shape index (κ1) is 14.9. The van der Waals surface area contributed by atoms with Crippen molar-refractivity contribution in [1.82, 2.24) is 28.7 Å². The minimum absolute atomic E-state index is 0.0511. The van der Waals surface area contributed by atoms with Crippen LogP contribution in [0.2, 0.25) is 5.15 Å². The first-order valence-electron chi connectivity index (χ1n) is 9.74. The van der Waals surface area contributed by atoms with Crippen molar-refractivity contribution in [3.8, 4) is 0 Å². The van der Waals surface area contributed by atoms with Gasteiger partial charge in [0.2, 0.25) is 10.0 Å². The van der Waals surface area contributed by atoms with Crippen LogP contribution in [0.4, 0.5) is 4.39 Å². The molecule has 0 amide bonds. The van der Waals surface area contributed by atoms with Crippen molar-refractivity contribution in [1.29, 1.82) is 0 Å². The molecule has 8 nitrogen and oxygen atoms in total. The van der Waals surface area contributed by atoms with Gasteiger partial charge in [-0.15, -0.1) is 0 Å². The molecule has 0 atom stereocenters. The summed E-state index contributed by atoms with van der Waals surface area (Å²) in [6.45, 7) is -1.02. The molecule has 0 radical (unpaired) electrons. The SMILES string of the molecule is [2H]C([2H])([2H])n1nc(Cl)c(S(=O)(=O)N2CCC(c3cn4ncnc4cc3F)CC2)c1C. The van der Waals surface area contributed by atoms with E-state index < -0.39 is 22.8 Å². The lowest BCUT2D eigenvalue weighted by molar-refractivity contribution is 0.315. The maximum absolute atomic E-state index is 14.5. The van der Waals surface area contributed by atoms with E-state index in [0.29, 0.717) is 28.7 Å². The molecule has 0 aromatic carbocycles. The molecule has 0 bridgehead atoms. The maximum atomic E-state index is 14.5. The molecule has 0 aliphatic carbocycles. The van der Waals surface area contributed by atoms with Crippen LogP contribution in [0.25, 0.3) is 5.65 Å². The zero-order valence-electron chi connectivity index (χ0n) is 17.3. The van der Waals surface area contributed by atoms with E-state index in [9.17, 15) is 12.8 Å². The number of pyridine rings is 1. The molecule has 1 fully saturated rings. The normalized spacial score (nSPS) is 19.1. The van der Waals surface area contributed by atoms with Crippen molar-refractivity contribution in [2.45, 2.75) is 30.6 Å². The Morgan fingerprint density at radius 2 is 2.11 bits per heavy atom.